The van der Waals surface area contributed by atoms with Gasteiger partial charge in [-0.2, -0.15) is 0 Å². The SMILES string of the molecule is C[C@H](NC(=O)[C@@H](CCc1ccccc1)NC1CCCCC1)C(=O)NCc1ccc(C(=N)NC(=O)O)cc1. The van der Waals surface area contributed by atoms with Gasteiger partial charge in [0.05, 0.1) is 6.04 Å². The van der Waals surface area contributed by atoms with Gasteiger partial charge in [-0.05, 0) is 43.7 Å². The Morgan fingerprint density at radius 2 is 1.62 bits per heavy atom. The molecule has 2 atom stereocenters. The van der Waals surface area contributed by atoms with Crippen molar-refractivity contribution >= 4 is 23.7 Å². The summed E-state index contributed by atoms with van der Waals surface area (Å²) in [5, 5.41) is 27.7. The molecule has 2 aromatic carbocycles. The van der Waals surface area contributed by atoms with Gasteiger partial charge >= 0.3 is 6.09 Å². The maximum absolute atomic E-state index is 13.2. The summed E-state index contributed by atoms with van der Waals surface area (Å²) < 4.78 is 0. The summed E-state index contributed by atoms with van der Waals surface area (Å²) in [6.45, 7) is 1.92. The molecule has 0 heterocycles. The van der Waals surface area contributed by atoms with Crippen molar-refractivity contribution in [3.05, 3.63) is 71.3 Å². The Bertz CT molecular complexity index is 1050. The van der Waals surface area contributed by atoms with Gasteiger partial charge < -0.3 is 21.1 Å². The van der Waals surface area contributed by atoms with E-state index in [9.17, 15) is 14.4 Å². The Morgan fingerprint density at radius 1 is 0.946 bits per heavy atom. The second kappa shape index (κ2) is 14.1. The Balaban J connectivity index is 1.52. The van der Waals surface area contributed by atoms with Crippen LogP contribution in [0, 0.1) is 5.41 Å². The minimum Gasteiger partial charge on any atom is -0.465 e. The van der Waals surface area contributed by atoms with Crippen molar-refractivity contribution in [1.29, 1.82) is 5.41 Å². The van der Waals surface area contributed by atoms with E-state index in [1.165, 1.54) is 24.8 Å². The summed E-state index contributed by atoms with van der Waals surface area (Å²) in [5.41, 5.74) is 2.39. The van der Waals surface area contributed by atoms with Crippen molar-refractivity contribution in [2.24, 2.45) is 0 Å². The molecule has 0 bridgehead atoms. The van der Waals surface area contributed by atoms with Crippen LogP contribution in [0.2, 0.25) is 0 Å². The van der Waals surface area contributed by atoms with Crippen LogP contribution in [0.4, 0.5) is 4.79 Å². The summed E-state index contributed by atoms with van der Waals surface area (Å²) >= 11 is 0. The van der Waals surface area contributed by atoms with Crippen molar-refractivity contribution in [2.45, 2.75) is 76.5 Å². The maximum atomic E-state index is 13.2. The molecule has 198 valence electrons. The molecule has 6 N–H and O–H groups in total. The highest BCUT2D eigenvalue weighted by Gasteiger charge is 2.26. The number of benzene rings is 2. The van der Waals surface area contributed by atoms with Crippen LogP contribution in [-0.4, -0.2) is 47.0 Å². The van der Waals surface area contributed by atoms with Gasteiger partial charge in [-0.1, -0.05) is 73.9 Å². The van der Waals surface area contributed by atoms with Crippen LogP contribution >= 0.6 is 0 Å². The number of amides is 3. The quantitative estimate of drug-likeness (QED) is 0.204. The lowest BCUT2D eigenvalue weighted by Crippen LogP contribution is -2.53. The molecule has 0 radical (unpaired) electrons. The van der Waals surface area contributed by atoms with Crippen molar-refractivity contribution < 1.29 is 19.5 Å². The van der Waals surface area contributed by atoms with E-state index in [0.29, 0.717) is 18.0 Å². The van der Waals surface area contributed by atoms with Crippen LogP contribution in [-0.2, 0) is 22.6 Å². The van der Waals surface area contributed by atoms with E-state index in [4.69, 9.17) is 10.5 Å². The number of hydrogen-bond acceptors (Lipinski definition) is 5. The highest BCUT2D eigenvalue weighted by molar-refractivity contribution is 6.04. The topological polar surface area (TPSA) is 143 Å². The van der Waals surface area contributed by atoms with Gasteiger partial charge in [0.15, 0.2) is 0 Å². The molecule has 0 saturated heterocycles. The zero-order chi connectivity index (χ0) is 26.6. The van der Waals surface area contributed by atoms with Gasteiger partial charge in [0.25, 0.3) is 0 Å². The number of carbonyl (C=O) groups is 3. The van der Waals surface area contributed by atoms with Crippen molar-refractivity contribution in [3.63, 3.8) is 0 Å². The number of carbonyl (C=O) groups excluding carboxylic acids is 2. The van der Waals surface area contributed by atoms with Crippen LogP contribution < -0.4 is 21.3 Å². The van der Waals surface area contributed by atoms with Crippen LogP contribution in [0.1, 0.15) is 62.1 Å². The minimum absolute atomic E-state index is 0.169. The van der Waals surface area contributed by atoms with Crippen LogP contribution in [0.15, 0.2) is 54.6 Å². The van der Waals surface area contributed by atoms with Gasteiger partial charge in [0.2, 0.25) is 11.8 Å². The standard InChI is InChI=1S/C28H37N5O4/c1-19(26(34)30-18-21-12-15-22(16-13-21)25(29)33-28(36)37)31-27(35)24(32-23-10-6-3-7-11-23)17-14-20-8-4-2-5-9-20/h2,4-5,8-9,12-13,15-16,19,23-24,32H,3,6-7,10-11,14,17-18H2,1H3,(H2,29,33)(H,30,34)(H,31,35)(H,36,37)/t19-,24+/m0/s1. The Morgan fingerprint density at radius 3 is 2.27 bits per heavy atom. The molecule has 0 aromatic heterocycles. The van der Waals surface area contributed by atoms with Crippen molar-refractivity contribution in [1.82, 2.24) is 21.3 Å². The third-order valence-electron chi connectivity index (χ3n) is 6.62. The molecule has 1 aliphatic carbocycles. The predicted molar refractivity (Wildman–Crippen MR) is 142 cm³/mol. The summed E-state index contributed by atoms with van der Waals surface area (Å²) in [5.74, 6) is -0.682. The average molecular weight is 508 g/mol. The third-order valence-corrected chi connectivity index (χ3v) is 6.62. The molecule has 2 aromatic rings. The number of hydrogen-bond donors (Lipinski definition) is 6. The number of rotatable bonds is 11. The van der Waals surface area contributed by atoms with E-state index in [0.717, 1.165) is 24.8 Å². The lowest BCUT2D eigenvalue weighted by atomic mass is 9.94. The summed E-state index contributed by atoms with van der Waals surface area (Å²) in [6.07, 6.45) is 5.83. The van der Waals surface area contributed by atoms with Crippen LogP contribution in [0.5, 0.6) is 0 Å². The lowest BCUT2D eigenvalue weighted by molar-refractivity contribution is -0.130. The average Bonchev–Trinajstić information content (AvgIpc) is 2.90. The second-order valence-electron chi connectivity index (χ2n) is 9.53. The highest BCUT2D eigenvalue weighted by Crippen LogP contribution is 2.19. The lowest BCUT2D eigenvalue weighted by Gasteiger charge is -2.29. The van der Waals surface area contributed by atoms with Gasteiger partial charge in [0, 0.05) is 18.2 Å². The smallest absolute Gasteiger partial charge is 0.410 e. The molecule has 0 unspecified atom stereocenters. The molecule has 1 saturated carbocycles. The second-order valence-corrected chi connectivity index (χ2v) is 9.53. The van der Waals surface area contributed by atoms with E-state index in [1.54, 1.807) is 31.2 Å². The summed E-state index contributed by atoms with van der Waals surface area (Å²) in [6, 6.07) is 16.0. The van der Waals surface area contributed by atoms with Gasteiger partial charge in [0.1, 0.15) is 11.9 Å². The summed E-state index contributed by atoms with van der Waals surface area (Å²) in [7, 11) is 0. The van der Waals surface area contributed by atoms with E-state index in [2.05, 4.69) is 28.1 Å². The summed E-state index contributed by atoms with van der Waals surface area (Å²) in [4.78, 5) is 36.5. The predicted octanol–water partition coefficient (Wildman–Crippen LogP) is 3.32. The molecular weight excluding hydrogens is 470 g/mol. The van der Waals surface area contributed by atoms with E-state index in [-0.39, 0.29) is 30.2 Å². The molecular formula is C28H37N5O4. The van der Waals surface area contributed by atoms with E-state index in [1.807, 2.05) is 23.5 Å². The molecule has 1 fully saturated rings. The minimum atomic E-state index is -1.30. The first-order valence-corrected chi connectivity index (χ1v) is 12.9. The molecule has 9 nitrogen and oxygen atoms in total. The molecule has 0 spiro atoms. The number of aryl methyl sites for hydroxylation is 1. The van der Waals surface area contributed by atoms with Crippen LogP contribution in [0.25, 0.3) is 0 Å². The molecule has 37 heavy (non-hydrogen) atoms. The first-order chi connectivity index (χ1) is 17.8. The van der Waals surface area contributed by atoms with Crippen molar-refractivity contribution in [3.8, 4) is 0 Å². The first-order valence-electron chi connectivity index (χ1n) is 12.9. The Labute approximate surface area is 217 Å². The molecule has 3 amide bonds. The van der Waals surface area contributed by atoms with Crippen molar-refractivity contribution in [2.75, 3.05) is 0 Å². The molecule has 9 heteroatoms. The van der Waals surface area contributed by atoms with Crippen LogP contribution in [0.3, 0.4) is 0 Å². The fourth-order valence-corrected chi connectivity index (χ4v) is 4.49. The normalized spacial score (nSPS) is 15.3. The van der Waals surface area contributed by atoms with Gasteiger partial charge in [-0.15, -0.1) is 0 Å². The molecule has 0 aliphatic heterocycles. The Hall–Kier alpha value is -3.72. The highest BCUT2D eigenvalue weighted by atomic mass is 16.4. The van der Waals surface area contributed by atoms with Gasteiger partial charge in [-0.25, -0.2) is 4.79 Å². The molecule has 1 aliphatic rings. The molecule has 3 rings (SSSR count). The van der Waals surface area contributed by atoms with E-state index < -0.39 is 12.1 Å². The monoisotopic (exact) mass is 507 g/mol. The maximum Gasteiger partial charge on any atom is 0.410 e. The fraction of sp³-hybridized carbons (Fsp3) is 0.429. The van der Waals surface area contributed by atoms with Gasteiger partial charge in [-0.3, -0.25) is 20.3 Å². The zero-order valence-electron chi connectivity index (χ0n) is 21.3. The fourth-order valence-electron chi connectivity index (χ4n) is 4.49. The largest absolute Gasteiger partial charge is 0.465 e. The van der Waals surface area contributed by atoms with E-state index >= 15 is 0 Å². The number of carboxylic acid groups (broad SMARTS) is 1. The number of amidine groups is 1. The zero-order valence-corrected chi connectivity index (χ0v) is 21.3. The Kier molecular flexibility index (Phi) is 10.6. The first kappa shape index (κ1) is 27.9. The number of nitrogens with one attached hydrogen (secondary N) is 5. The third kappa shape index (κ3) is 9.34.